The van der Waals surface area contributed by atoms with Crippen LogP contribution in [-0.4, -0.2) is 6.54 Å². The number of thiophene rings is 1. The number of hydrogen-bond acceptors (Lipinski definition) is 2. The number of aryl methyl sites for hydroxylation is 1. The second-order valence-electron chi connectivity index (χ2n) is 4.77. The SMILES string of the molecule is CCCNC(Cc1cccs1)c1cccc(C)c1F. The lowest BCUT2D eigenvalue weighted by atomic mass is 10.00. The maximum Gasteiger partial charge on any atom is 0.130 e. The van der Waals surface area contributed by atoms with Crippen LogP contribution in [0, 0.1) is 12.7 Å². The van der Waals surface area contributed by atoms with Gasteiger partial charge in [-0.3, -0.25) is 0 Å². The van der Waals surface area contributed by atoms with Gasteiger partial charge in [0.1, 0.15) is 5.82 Å². The highest BCUT2D eigenvalue weighted by molar-refractivity contribution is 7.09. The molecule has 1 unspecified atom stereocenters. The first-order valence-corrected chi connectivity index (χ1v) is 7.61. The van der Waals surface area contributed by atoms with Crippen molar-refractivity contribution in [2.24, 2.45) is 0 Å². The summed E-state index contributed by atoms with van der Waals surface area (Å²) >= 11 is 1.73. The minimum atomic E-state index is -0.0762. The van der Waals surface area contributed by atoms with Gasteiger partial charge in [-0.1, -0.05) is 31.2 Å². The summed E-state index contributed by atoms with van der Waals surface area (Å²) in [5, 5.41) is 5.53. The quantitative estimate of drug-likeness (QED) is 0.821. The molecule has 1 atom stereocenters. The Kier molecular flexibility index (Phi) is 5.11. The monoisotopic (exact) mass is 277 g/mol. The highest BCUT2D eigenvalue weighted by Crippen LogP contribution is 2.25. The molecule has 1 aromatic heterocycles. The molecule has 1 heterocycles. The van der Waals surface area contributed by atoms with Crippen molar-refractivity contribution in [3.63, 3.8) is 0 Å². The lowest BCUT2D eigenvalue weighted by molar-refractivity contribution is 0.497. The van der Waals surface area contributed by atoms with Gasteiger partial charge in [-0.25, -0.2) is 4.39 Å². The Morgan fingerprint density at radius 3 is 2.79 bits per heavy atom. The Morgan fingerprint density at radius 2 is 2.11 bits per heavy atom. The molecule has 0 radical (unpaired) electrons. The molecule has 1 N–H and O–H groups in total. The van der Waals surface area contributed by atoms with E-state index in [0.29, 0.717) is 5.56 Å². The molecule has 2 aromatic rings. The average molecular weight is 277 g/mol. The predicted molar refractivity (Wildman–Crippen MR) is 80.2 cm³/mol. The van der Waals surface area contributed by atoms with Gasteiger partial charge in [-0.2, -0.15) is 0 Å². The molecule has 1 nitrogen and oxygen atoms in total. The van der Waals surface area contributed by atoms with Crippen molar-refractivity contribution in [3.8, 4) is 0 Å². The number of halogens is 1. The van der Waals surface area contributed by atoms with Crippen LogP contribution >= 0.6 is 11.3 Å². The molecule has 0 aliphatic rings. The standard InChI is InChI=1S/C16H20FNS/c1-3-9-18-15(11-13-7-5-10-19-13)14-8-4-6-12(2)16(14)17/h4-8,10,15,18H,3,9,11H2,1-2H3. The molecule has 0 saturated carbocycles. The van der Waals surface area contributed by atoms with Gasteiger partial charge >= 0.3 is 0 Å². The van der Waals surface area contributed by atoms with Crippen LogP contribution in [0.15, 0.2) is 35.7 Å². The fourth-order valence-electron chi connectivity index (χ4n) is 2.18. The summed E-state index contributed by atoms with van der Waals surface area (Å²) in [6.07, 6.45) is 1.90. The van der Waals surface area contributed by atoms with Crippen molar-refractivity contribution in [3.05, 3.63) is 57.5 Å². The summed E-state index contributed by atoms with van der Waals surface area (Å²) in [6.45, 7) is 4.85. The smallest absolute Gasteiger partial charge is 0.130 e. The van der Waals surface area contributed by atoms with E-state index in [9.17, 15) is 4.39 Å². The minimum absolute atomic E-state index is 0.0542. The Labute approximate surface area is 118 Å². The maximum atomic E-state index is 14.3. The van der Waals surface area contributed by atoms with Crippen LogP contribution in [0.5, 0.6) is 0 Å². The van der Waals surface area contributed by atoms with Gasteiger partial charge in [0.05, 0.1) is 0 Å². The molecule has 19 heavy (non-hydrogen) atoms. The number of hydrogen-bond donors (Lipinski definition) is 1. The summed E-state index contributed by atoms with van der Waals surface area (Å²) in [4.78, 5) is 1.29. The molecule has 0 bridgehead atoms. The lowest BCUT2D eigenvalue weighted by Gasteiger charge is -2.19. The van der Waals surface area contributed by atoms with E-state index < -0.39 is 0 Å². The second-order valence-corrected chi connectivity index (χ2v) is 5.80. The summed E-state index contributed by atoms with van der Waals surface area (Å²) in [6, 6.07) is 9.86. The van der Waals surface area contributed by atoms with Crippen molar-refractivity contribution >= 4 is 11.3 Å². The van der Waals surface area contributed by atoms with Crippen LogP contribution in [-0.2, 0) is 6.42 Å². The zero-order valence-corrected chi connectivity index (χ0v) is 12.3. The average Bonchev–Trinajstić information content (AvgIpc) is 2.91. The summed E-state index contributed by atoms with van der Waals surface area (Å²) in [5.41, 5.74) is 1.49. The first-order chi connectivity index (χ1) is 9.22. The topological polar surface area (TPSA) is 12.0 Å². The fraction of sp³-hybridized carbons (Fsp3) is 0.375. The maximum absolute atomic E-state index is 14.3. The van der Waals surface area contributed by atoms with Crippen LogP contribution in [0.25, 0.3) is 0 Å². The van der Waals surface area contributed by atoms with E-state index >= 15 is 0 Å². The molecule has 0 fully saturated rings. The first-order valence-electron chi connectivity index (χ1n) is 6.73. The Bertz CT molecular complexity index is 507. The number of rotatable bonds is 6. The van der Waals surface area contributed by atoms with Crippen LogP contribution in [0.1, 0.15) is 35.4 Å². The van der Waals surface area contributed by atoms with E-state index in [2.05, 4.69) is 23.7 Å². The van der Waals surface area contributed by atoms with Crippen molar-refractivity contribution in [1.82, 2.24) is 5.32 Å². The van der Waals surface area contributed by atoms with E-state index in [0.717, 1.165) is 24.9 Å². The Morgan fingerprint density at radius 1 is 1.26 bits per heavy atom. The summed E-state index contributed by atoms with van der Waals surface area (Å²) in [7, 11) is 0. The van der Waals surface area contributed by atoms with E-state index in [1.54, 1.807) is 11.3 Å². The molecule has 3 heteroatoms. The van der Waals surface area contributed by atoms with Crippen LogP contribution in [0.2, 0.25) is 0 Å². The van der Waals surface area contributed by atoms with Crippen LogP contribution in [0.4, 0.5) is 4.39 Å². The van der Waals surface area contributed by atoms with Gasteiger partial charge in [-0.05, 0) is 36.9 Å². The Balaban J connectivity index is 2.23. The molecule has 2 rings (SSSR count). The fourth-order valence-corrected chi connectivity index (χ4v) is 2.93. The summed E-state index contributed by atoms with van der Waals surface area (Å²) in [5.74, 6) is -0.0762. The zero-order valence-electron chi connectivity index (χ0n) is 11.4. The predicted octanol–water partition coefficient (Wildman–Crippen LogP) is 4.48. The number of nitrogens with one attached hydrogen (secondary N) is 1. The molecule has 0 saturated heterocycles. The van der Waals surface area contributed by atoms with Crippen molar-refractivity contribution in [2.75, 3.05) is 6.54 Å². The van der Waals surface area contributed by atoms with Gasteiger partial charge in [0.25, 0.3) is 0 Å². The lowest BCUT2D eigenvalue weighted by Crippen LogP contribution is -2.25. The normalized spacial score (nSPS) is 12.6. The first kappa shape index (κ1) is 14.2. The molecular formula is C16H20FNS. The zero-order chi connectivity index (χ0) is 13.7. The van der Waals surface area contributed by atoms with Gasteiger partial charge in [0.2, 0.25) is 0 Å². The summed E-state index contributed by atoms with van der Waals surface area (Å²) < 4.78 is 14.3. The molecule has 0 aliphatic heterocycles. The highest BCUT2D eigenvalue weighted by Gasteiger charge is 2.17. The van der Waals surface area contributed by atoms with Gasteiger partial charge < -0.3 is 5.32 Å². The highest BCUT2D eigenvalue weighted by atomic mass is 32.1. The molecule has 0 amide bonds. The van der Waals surface area contributed by atoms with E-state index in [1.807, 2.05) is 31.2 Å². The molecule has 102 valence electrons. The third-order valence-corrected chi connectivity index (χ3v) is 4.12. The van der Waals surface area contributed by atoms with E-state index in [-0.39, 0.29) is 11.9 Å². The van der Waals surface area contributed by atoms with Crippen molar-refractivity contribution in [2.45, 2.75) is 32.7 Å². The molecule has 0 spiro atoms. The van der Waals surface area contributed by atoms with Crippen LogP contribution in [0.3, 0.4) is 0 Å². The largest absolute Gasteiger partial charge is 0.310 e. The van der Waals surface area contributed by atoms with Gasteiger partial charge in [-0.15, -0.1) is 11.3 Å². The second kappa shape index (κ2) is 6.83. The molecule has 0 aliphatic carbocycles. The molecule has 1 aromatic carbocycles. The van der Waals surface area contributed by atoms with E-state index in [1.165, 1.54) is 4.88 Å². The molecular weight excluding hydrogens is 257 g/mol. The minimum Gasteiger partial charge on any atom is -0.310 e. The van der Waals surface area contributed by atoms with Crippen molar-refractivity contribution < 1.29 is 4.39 Å². The third kappa shape index (κ3) is 3.64. The van der Waals surface area contributed by atoms with Gasteiger partial charge in [0.15, 0.2) is 0 Å². The van der Waals surface area contributed by atoms with Crippen LogP contribution < -0.4 is 5.32 Å². The Hall–Kier alpha value is -1.19. The van der Waals surface area contributed by atoms with Crippen molar-refractivity contribution in [1.29, 1.82) is 0 Å². The van der Waals surface area contributed by atoms with E-state index in [4.69, 9.17) is 0 Å². The third-order valence-electron chi connectivity index (χ3n) is 3.22. The number of benzene rings is 1. The van der Waals surface area contributed by atoms with Gasteiger partial charge in [0, 0.05) is 22.9 Å².